The van der Waals surface area contributed by atoms with Crippen molar-refractivity contribution in [2.75, 3.05) is 4.72 Å². The Morgan fingerprint density at radius 3 is 2.43 bits per heavy atom. The van der Waals surface area contributed by atoms with Crippen LogP contribution in [0.25, 0.3) is 6.08 Å². The molecule has 0 aliphatic heterocycles. The van der Waals surface area contributed by atoms with E-state index in [0.717, 1.165) is 16.7 Å². The Hall–Kier alpha value is -2.08. The Morgan fingerprint density at radius 1 is 1.19 bits per heavy atom. The van der Waals surface area contributed by atoms with Crippen LogP contribution in [0.5, 0.6) is 0 Å². The first-order chi connectivity index (χ1) is 9.76. The minimum Gasteiger partial charge on any atom is -0.280 e. The van der Waals surface area contributed by atoms with Gasteiger partial charge in [0.25, 0.3) is 10.0 Å². The molecule has 0 bridgehead atoms. The van der Waals surface area contributed by atoms with Crippen LogP contribution in [0, 0.1) is 0 Å². The Bertz CT molecular complexity index is 726. The van der Waals surface area contributed by atoms with Crippen LogP contribution in [0.2, 0.25) is 0 Å². The van der Waals surface area contributed by atoms with Crippen LogP contribution < -0.4 is 4.72 Å². The van der Waals surface area contributed by atoms with Crippen molar-refractivity contribution in [2.45, 2.75) is 26.2 Å². The highest BCUT2D eigenvalue weighted by Gasteiger charge is 2.18. The lowest BCUT2D eigenvalue weighted by atomic mass is 9.92. The summed E-state index contributed by atoms with van der Waals surface area (Å²) in [7, 11) is -3.58. The molecule has 1 aromatic carbocycles. The third-order valence-corrected chi connectivity index (χ3v) is 3.86. The summed E-state index contributed by atoms with van der Waals surface area (Å²) in [5.41, 5.74) is 1.57. The summed E-state index contributed by atoms with van der Waals surface area (Å²) in [6.45, 7) is 6.07. The van der Waals surface area contributed by atoms with Gasteiger partial charge >= 0.3 is 0 Å². The van der Waals surface area contributed by atoms with Crippen LogP contribution >= 0.6 is 0 Å². The number of nitrogens with one attached hydrogen (secondary N) is 2. The van der Waals surface area contributed by atoms with E-state index in [2.05, 4.69) is 14.9 Å². The molecule has 6 heteroatoms. The standard InChI is InChI=1S/C15H19N3O2S/c1-15(2,3)13-11-14(17-16-13)18-21(19,20)10-9-12-7-5-4-6-8-12/h4-11H,1-3H3,(H2,16,17,18)/b10-9+. The van der Waals surface area contributed by atoms with Gasteiger partial charge in [0.2, 0.25) is 0 Å². The van der Waals surface area contributed by atoms with Crippen LogP contribution in [0.4, 0.5) is 5.82 Å². The number of hydrogen-bond donors (Lipinski definition) is 2. The first-order valence-electron chi connectivity index (χ1n) is 6.58. The molecular weight excluding hydrogens is 286 g/mol. The third kappa shape index (κ3) is 4.46. The van der Waals surface area contributed by atoms with Gasteiger partial charge in [-0.1, -0.05) is 51.1 Å². The van der Waals surface area contributed by atoms with Crippen LogP contribution in [0.15, 0.2) is 41.8 Å². The second-order valence-electron chi connectivity index (χ2n) is 5.78. The second kappa shape index (κ2) is 5.73. The molecule has 1 heterocycles. The minimum atomic E-state index is -3.58. The number of nitrogens with zero attached hydrogens (tertiary/aromatic N) is 1. The summed E-state index contributed by atoms with van der Waals surface area (Å²) in [6, 6.07) is 10.9. The van der Waals surface area contributed by atoms with E-state index >= 15 is 0 Å². The summed E-state index contributed by atoms with van der Waals surface area (Å²) in [4.78, 5) is 0. The molecule has 0 aliphatic rings. The van der Waals surface area contributed by atoms with Crippen LogP contribution in [0.1, 0.15) is 32.0 Å². The fourth-order valence-electron chi connectivity index (χ4n) is 1.67. The van der Waals surface area contributed by atoms with Gasteiger partial charge in [-0.05, 0) is 11.6 Å². The van der Waals surface area contributed by atoms with Gasteiger partial charge in [0.15, 0.2) is 5.82 Å². The zero-order valence-corrected chi connectivity index (χ0v) is 13.1. The summed E-state index contributed by atoms with van der Waals surface area (Å²) in [5, 5.41) is 7.95. The van der Waals surface area contributed by atoms with Crippen LogP contribution in [-0.4, -0.2) is 18.6 Å². The maximum atomic E-state index is 12.0. The number of hydrogen-bond acceptors (Lipinski definition) is 3. The molecule has 2 aromatic rings. The van der Waals surface area contributed by atoms with Gasteiger partial charge in [0.1, 0.15) is 0 Å². The molecule has 0 amide bonds. The maximum absolute atomic E-state index is 12.0. The molecule has 2 N–H and O–H groups in total. The largest absolute Gasteiger partial charge is 0.280 e. The molecule has 2 rings (SSSR count). The van der Waals surface area contributed by atoms with Crippen molar-refractivity contribution in [2.24, 2.45) is 0 Å². The van der Waals surface area contributed by atoms with Gasteiger partial charge in [0.05, 0.1) is 5.41 Å². The lowest BCUT2D eigenvalue weighted by Gasteiger charge is -2.14. The Kier molecular flexibility index (Phi) is 4.18. The number of benzene rings is 1. The zero-order valence-electron chi connectivity index (χ0n) is 12.3. The minimum absolute atomic E-state index is 0.115. The number of anilines is 1. The Balaban J connectivity index is 2.11. The maximum Gasteiger partial charge on any atom is 0.256 e. The zero-order chi connectivity index (χ0) is 15.5. The lowest BCUT2D eigenvalue weighted by Crippen LogP contribution is -2.11. The molecule has 0 aliphatic carbocycles. The van der Waals surface area contributed by atoms with Gasteiger partial charge in [-0.25, -0.2) is 8.42 Å². The predicted octanol–water partition coefficient (Wildman–Crippen LogP) is 3.12. The number of rotatable bonds is 4. The van der Waals surface area contributed by atoms with E-state index in [1.165, 1.54) is 0 Å². The molecule has 0 atom stereocenters. The molecule has 0 radical (unpaired) electrons. The van der Waals surface area contributed by atoms with E-state index in [1.54, 1.807) is 12.1 Å². The molecule has 1 aromatic heterocycles. The number of aromatic amines is 1. The molecule has 5 nitrogen and oxygen atoms in total. The number of sulfonamides is 1. The van der Waals surface area contributed by atoms with E-state index in [0.29, 0.717) is 0 Å². The number of aromatic nitrogens is 2. The van der Waals surface area contributed by atoms with E-state index in [-0.39, 0.29) is 11.2 Å². The summed E-state index contributed by atoms with van der Waals surface area (Å²) in [6.07, 6.45) is 1.54. The fraction of sp³-hybridized carbons (Fsp3) is 0.267. The molecular formula is C15H19N3O2S. The van der Waals surface area contributed by atoms with E-state index in [4.69, 9.17) is 0 Å². The molecule has 0 spiro atoms. The van der Waals surface area contributed by atoms with Crippen molar-refractivity contribution in [3.63, 3.8) is 0 Å². The number of H-pyrrole nitrogens is 1. The van der Waals surface area contributed by atoms with E-state index < -0.39 is 10.0 Å². The fourth-order valence-corrected chi connectivity index (χ4v) is 2.47. The topological polar surface area (TPSA) is 74.8 Å². The van der Waals surface area contributed by atoms with Crippen molar-refractivity contribution >= 4 is 21.9 Å². The van der Waals surface area contributed by atoms with Crippen LogP contribution in [-0.2, 0) is 15.4 Å². The summed E-state index contributed by atoms with van der Waals surface area (Å²) in [5.74, 6) is 0.289. The Labute approximate surface area is 125 Å². The van der Waals surface area contributed by atoms with Gasteiger partial charge in [-0.3, -0.25) is 9.82 Å². The highest BCUT2D eigenvalue weighted by Crippen LogP contribution is 2.22. The average molecular weight is 305 g/mol. The first kappa shape index (κ1) is 15.3. The normalized spacial score (nSPS) is 12.7. The van der Waals surface area contributed by atoms with E-state index in [1.807, 2.05) is 51.1 Å². The molecule has 0 unspecified atom stereocenters. The molecule has 0 saturated heterocycles. The summed E-state index contributed by atoms with van der Waals surface area (Å²) >= 11 is 0. The molecule has 21 heavy (non-hydrogen) atoms. The van der Waals surface area contributed by atoms with Gasteiger partial charge < -0.3 is 0 Å². The SMILES string of the molecule is CC(C)(C)c1cc(NS(=O)(=O)/C=C/c2ccccc2)n[nH]1. The molecule has 0 saturated carbocycles. The highest BCUT2D eigenvalue weighted by atomic mass is 32.2. The van der Waals surface area contributed by atoms with Crippen LogP contribution in [0.3, 0.4) is 0 Å². The van der Waals surface area contributed by atoms with Crippen molar-refractivity contribution in [3.05, 3.63) is 53.1 Å². The van der Waals surface area contributed by atoms with Gasteiger partial charge in [-0.2, -0.15) is 5.10 Å². The second-order valence-corrected chi connectivity index (χ2v) is 7.34. The third-order valence-electron chi connectivity index (χ3n) is 2.87. The monoisotopic (exact) mass is 305 g/mol. The quantitative estimate of drug-likeness (QED) is 0.911. The first-order valence-corrected chi connectivity index (χ1v) is 8.13. The predicted molar refractivity (Wildman–Crippen MR) is 85.3 cm³/mol. The molecule has 0 fully saturated rings. The van der Waals surface area contributed by atoms with E-state index in [9.17, 15) is 8.42 Å². The lowest BCUT2D eigenvalue weighted by molar-refractivity contribution is 0.567. The Morgan fingerprint density at radius 2 is 1.86 bits per heavy atom. The van der Waals surface area contributed by atoms with Crippen molar-refractivity contribution in [1.82, 2.24) is 10.2 Å². The van der Waals surface area contributed by atoms with Gasteiger partial charge in [0, 0.05) is 17.2 Å². The van der Waals surface area contributed by atoms with Gasteiger partial charge in [-0.15, -0.1) is 0 Å². The van der Waals surface area contributed by atoms with Crippen molar-refractivity contribution in [1.29, 1.82) is 0 Å². The molecule has 112 valence electrons. The summed E-state index contributed by atoms with van der Waals surface area (Å²) < 4.78 is 26.4. The average Bonchev–Trinajstić information content (AvgIpc) is 2.85. The smallest absolute Gasteiger partial charge is 0.256 e. The highest BCUT2D eigenvalue weighted by molar-refractivity contribution is 7.95. The van der Waals surface area contributed by atoms with Crippen molar-refractivity contribution < 1.29 is 8.42 Å². The van der Waals surface area contributed by atoms with Crippen molar-refractivity contribution in [3.8, 4) is 0 Å².